The average molecular weight is 190 g/mol. The standard InChI is InChI=1S/C13H18O/c1-11(14)13(2,3)10-9-12-7-5-4-6-8-12/h4-11,14H,1-3H3/b10-9+. The van der Waals surface area contributed by atoms with Gasteiger partial charge >= 0.3 is 0 Å². The lowest BCUT2D eigenvalue weighted by Crippen LogP contribution is -2.23. The Kier molecular flexibility index (Phi) is 3.48. The first kappa shape index (κ1) is 11.0. The van der Waals surface area contributed by atoms with Gasteiger partial charge in [-0.2, -0.15) is 0 Å². The van der Waals surface area contributed by atoms with Crippen LogP contribution in [0.4, 0.5) is 0 Å². The van der Waals surface area contributed by atoms with Crippen molar-refractivity contribution in [2.45, 2.75) is 26.9 Å². The second-order valence-electron chi connectivity index (χ2n) is 4.24. The molecule has 0 aromatic heterocycles. The minimum absolute atomic E-state index is 0.171. The quantitative estimate of drug-likeness (QED) is 0.776. The summed E-state index contributed by atoms with van der Waals surface area (Å²) in [6.45, 7) is 5.86. The topological polar surface area (TPSA) is 20.2 Å². The molecule has 0 aliphatic heterocycles. The fourth-order valence-corrected chi connectivity index (χ4v) is 1.01. The zero-order chi connectivity index (χ0) is 10.6. The lowest BCUT2D eigenvalue weighted by Gasteiger charge is -2.23. The summed E-state index contributed by atoms with van der Waals surface area (Å²) in [5.74, 6) is 0. The fourth-order valence-electron chi connectivity index (χ4n) is 1.01. The van der Waals surface area contributed by atoms with E-state index in [0.717, 1.165) is 0 Å². The summed E-state index contributed by atoms with van der Waals surface area (Å²) < 4.78 is 0. The summed E-state index contributed by atoms with van der Waals surface area (Å²) in [4.78, 5) is 0. The largest absolute Gasteiger partial charge is 0.393 e. The highest BCUT2D eigenvalue weighted by Gasteiger charge is 2.19. The van der Waals surface area contributed by atoms with E-state index < -0.39 is 0 Å². The minimum atomic E-state index is -0.331. The molecule has 76 valence electrons. The van der Waals surface area contributed by atoms with Crippen LogP contribution in [0.25, 0.3) is 6.08 Å². The summed E-state index contributed by atoms with van der Waals surface area (Å²) >= 11 is 0. The van der Waals surface area contributed by atoms with Crippen LogP contribution in [-0.4, -0.2) is 11.2 Å². The molecule has 0 spiro atoms. The first-order valence-electron chi connectivity index (χ1n) is 4.95. The fraction of sp³-hybridized carbons (Fsp3) is 0.385. The Hall–Kier alpha value is -1.08. The summed E-state index contributed by atoms with van der Waals surface area (Å²) in [7, 11) is 0. The number of benzene rings is 1. The highest BCUT2D eigenvalue weighted by molar-refractivity contribution is 5.49. The minimum Gasteiger partial charge on any atom is -0.393 e. The summed E-state index contributed by atoms with van der Waals surface area (Å²) in [5, 5.41) is 9.51. The van der Waals surface area contributed by atoms with E-state index in [0.29, 0.717) is 0 Å². The smallest absolute Gasteiger partial charge is 0.0597 e. The van der Waals surface area contributed by atoms with Gasteiger partial charge in [0.1, 0.15) is 0 Å². The normalized spacial score (nSPS) is 14.6. The van der Waals surface area contributed by atoms with Crippen LogP contribution in [0, 0.1) is 5.41 Å². The predicted octanol–water partition coefficient (Wildman–Crippen LogP) is 3.11. The van der Waals surface area contributed by atoms with Crippen molar-refractivity contribution in [2.75, 3.05) is 0 Å². The van der Waals surface area contributed by atoms with E-state index in [1.807, 2.05) is 51.1 Å². The monoisotopic (exact) mass is 190 g/mol. The lowest BCUT2D eigenvalue weighted by atomic mass is 9.87. The van der Waals surface area contributed by atoms with Crippen molar-refractivity contribution >= 4 is 6.08 Å². The van der Waals surface area contributed by atoms with Gasteiger partial charge in [-0.1, -0.05) is 56.3 Å². The molecule has 0 aliphatic carbocycles. The first-order valence-corrected chi connectivity index (χ1v) is 4.95. The van der Waals surface area contributed by atoms with E-state index >= 15 is 0 Å². The zero-order valence-electron chi connectivity index (χ0n) is 9.07. The van der Waals surface area contributed by atoms with Gasteiger partial charge in [0, 0.05) is 5.41 Å². The predicted molar refractivity (Wildman–Crippen MR) is 60.9 cm³/mol. The van der Waals surface area contributed by atoms with Gasteiger partial charge in [-0.25, -0.2) is 0 Å². The van der Waals surface area contributed by atoms with Crippen LogP contribution in [0.2, 0.25) is 0 Å². The van der Waals surface area contributed by atoms with Crippen molar-refractivity contribution < 1.29 is 5.11 Å². The molecule has 0 heterocycles. The SMILES string of the molecule is CC(O)C(C)(C)/C=C/c1ccccc1. The number of hydrogen-bond acceptors (Lipinski definition) is 1. The molecule has 1 heteroatoms. The molecule has 0 bridgehead atoms. The van der Waals surface area contributed by atoms with Gasteiger partial charge in [0.2, 0.25) is 0 Å². The second-order valence-corrected chi connectivity index (χ2v) is 4.24. The maximum absolute atomic E-state index is 9.51. The van der Waals surface area contributed by atoms with Gasteiger partial charge in [0.05, 0.1) is 6.10 Å². The maximum Gasteiger partial charge on any atom is 0.0597 e. The van der Waals surface area contributed by atoms with Crippen LogP contribution >= 0.6 is 0 Å². The molecule has 0 fully saturated rings. The highest BCUT2D eigenvalue weighted by Crippen LogP contribution is 2.23. The highest BCUT2D eigenvalue weighted by atomic mass is 16.3. The van der Waals surface area contributed by atoms with Crippen molar-refractivity contribution in [1.29, 1.82) is 0 Å². The third-order valence-corrected chi connectivity index (χ3v) is 2.58. The molecule has 14 heavy (non-hydrogen) atoms. The van der Waals surface area contributed by atoms with Crippen LogP contribution in [0.15, 0.2) is 36.4 Å². The van der Waals surface area contributed by atoms with Crippen molar-refractivity contribution in [2.24, 2.45) is 5.41 Å². The number of aliphatic hydroxyl groups is 1. The van der Waals surface area contributed by atoms with Crippen LogP contribution in [0.1, 0.15) is 26.3 Å². The molecule has 0 saturated carbocycles. The molecule has 1 aromatic rings. The first-order chi connectivity index (χ1) is 6.52. The molecule has 1 rings (SSSR count). The summed E-state index contributed by atoms with van der Waals surface area (Å²) in [5.41, 5.74) is 0.997. The van der Waals surface area contributed by atoms with Gasteiger partial charge in [-0.3, -0.25) is 0 Å². The van der Waals surface area contributed by atoms with E-state index in [9.17, 15) is 5.11 Å². The van der Waals surface area contributed by atoms with Crippen LogP contribution in [0.3, 0.4) is 0 Å². The van der Waals surface area contributed by atoms with Crippen LogP contribution in [-0.2, 0) is 0 Å². The molecule has 0 radical (unpaired) electrons. The Morgan fingerprint density at radius 2 is 1.79 bits per heavy atom. The summed E-state index contributed by atoms with van der Waals surface area (Å²) in [6.07, 6.45) is 3.77. The Morgan fingerprint density at radius 1 is 1.21 bits per heavy atom. The number of aliphatic hydroxyl groups excluding tert-OH is 1. The zero-order valence-corrected chi connectivity index (χ0v) is 9.07. The van der Waals surface area contributed by atoms with E-state index in [2.05, 4.69) is 12.1 Å². The average Bonchev–Trinajstić information content (AvgIpc) is 2.16. The van der Waals surface area contributed by atoms with Crippen molar-refractivity contribution in [1.82, 2.24) is 0 Å². The second kappa shape index (κ2) is 4.43. The van der Waals surface area contributed by atoms with Gasteiger partial charge < -0.3 is 5.11 Å². The Morgan fingerprint density at radius 3 is 2.29 bits per heavy atom. The molecule has 1 atom stereocenters. The van der Waals surface area contributed by atoms with E-state index in [4.69, 9.17) is 0 Å². The van der Waals surface area contributed by atoms with Gasteiger partial charge in [0.15, 0.2) is 0 Å². The lowest BCUT2D eigenvalue weighted by molar-refractivity contribution is 0.100. The maximum atomic E-state index is 9.51. The number of rotatable bonds is 3. The Labute approximate surface area is 86.1 Å². The molecule has 0 aliphatic rings. The third-order valence-electron chi connectivity index (χ3n) is 2.58. The molecule has 1 nitrogen and oxygen atoms in total. The van der Waals surface area contributed by atoms with E-state index in [-0.39, 0.29) is 11.5 Å². The molecule has 0 saturated heterocycles. The number of hydrogen-bond donors (Lipinski definition) is 1. The van der Waals surface area contributed by atoms with Crippen LogP contribution < -0.4 is 0 Å². The molecular formula is C13H18O. The van der Waals surface area contributed by atoms with Gasteiger partial charge in [-0.15, -0.1) is 0 Å². The van der Waals surface area contributed by atoms with Gasteiger partial charge in [0.25, 0.3) is 0 Å². The molecular weight excluding hydrogens is 172 g/mol. The van der Waals surface area contributed by atoms with Crippen molar-refractivity contribution in [3.05, 3.63) is 42.0 Å². The molecule has 1 unspecified atom stereocenters. The van der Waals surface area contributed by atoms with E-state index in [1.54, 1.807) is 0 Å². The van der Waals surface area contributed by atoms with E-state index in [1.165, 1.54) is 5.56 Å². The molecule has 1 N–H and O–H groups in total. The van der Waals surface area contributed by atoms with Gasteiger partial charge in [-0.05, 0) is 12.5 Å². The Balaban J connectivity index is 2.74. The van der Waals surface area contributed by atoms with Crippen molar-refractivity contribution in [3.8, 4) is 0 Å². The Bertz CT molecular complexity index is 296. The summed E-state index contributed by atoms with van der Waals surface area (Å²) in [6, 6.07) is 10.1. The molecule has 0 amide bonds. The van der Waals surface area contributed by atoms with Crippen LogP contribution in [0.5, 0.6) is 0 Å². The molecule has 1 aromatic carbocycles. The van der Waals surface area contributed by atoms with Crippen molar-refractivity contribution in [3.63, 3.8) is 0 Å². The third kappa shape index (κ3) is 3.00.